The lowest BCUT2D eigenvalue weighted by Gasteiger charge is -2.11. The predicted octanol–water partition coefficient (Wildman–Crippen LogP) is 2.09. The fourth-order valence-corrected chi connectivity index (χ4v) is 2.31. The first-order valence-electron chi connectivity index (χ1n) is 4.20. The summed E-state index contributed by atoms with van der Waals surface area (Å²) in [5.41, 5.74) is 0.151. The van der Waals surface area contributed by atoms with Gasteiger partial charge in [-0.3, -0.25) is 0 Å². The van der Waals surface area contributed by atoms with E-state index in [2.05, 4.69) is 26.2 Å². The molecule has 1 saturated carbocycles. The quantitative estimate of drug-likeness (QED) is 0.874. The highest BCUT2D eigenvalue weighted by Gasteiger charge is 2.41. The first-order chi connectivity index (χ1) is 6.24. The number of rotatable bonds is 4. The second-order valence-electron chi connectivity index (χ2n) is 3.49. The Labute approximate surface area is 89.3 Å². The number of halogens is 1. The molecule has 2 rings (SSSR count). The largest absolute Gasteiger partial charge is 0.396 e. The second-order valence-corrected chi connectivity index (χ2v) is 5.16. The van der Waals surface area contributed by atoms with Crippen LogP contribution >= 0.6 is 27.3 Å². The smallest absolute Gasteiger partial charge is 0.183 e. The molecule has 3 nitrogen and oxygen atoms in total. The maximum Gasteiger partial charge on any atom is 0.183 e. The highest BCUT2D eigenvalue weighted by Crippen LogP contribution is 2.45. The zero-order valence-corrected chi connectivity index (χ0v) is 9.49. The molecular weight excluding hydrogens is 252 g/mol. The van der Waals surface area contributed by atoms with Gasteiger partial charge in [-0.1, -0.05) is 0 Å². The number of aliphatic hydroxyl groups is 1. The van der Waals surface area contributed by atoms with Gasteiger partial charge in [0, 0.05) is 17.3 Å². The van der Waals surface area contributed by atoms with Gasteiger partial charge < -0.3 is 10.4 Å². The van der Waals surface area contributed by atoms with Crippen LogP contribution in [0.25, 0.3) is 0 Å². The van der Waals surface area contributed by atoms with E-state index in [1.807, 2.05) is 5.38 Å². The minimum atomic E-state index is 0.151. The Kier molecular flexibility index (Phi) is 2.58. The molecule has 72 valence electrons. The number of anilines is 1. The molecule has 0 spiro atoms. The van der Waals surface area contributed by atoms with Crippen LogP contribution in [0.5, 0.6) is 0 Å². The van der Waals surface area contributed by atoms with E-state index in [0.29, 0.717) is 0 Å². The number of aliphatic hydroxyl groups excluding tert-OH is 1. The Morgan fingerprint density at radius 3 is 2.92 bits per heavy atom. The molecule has 1 fully saturated rings. The lowest BCUT2D eigenvalue weighted by molar-refractivity contribution is 0.220. The van der Waals surface area contributed by atoms with Gasteiger partial charge in [0.05, 0.1) is 6.61 Å². The molecule has 0 aliphatic heterocycles. The van der Waals surface area contributed by atoms with Crippen molar-refractivity contribution >= 4 is 32.4 Å². The van der Waals surface area contributed by atoms with Crippen molar-refractivity contribution in [2.24, 2.45) is 5.41 Å². The van der Waals surface area contributed by atoms with Crippen LogP contribution in [0.4, 0.5) is 5.13 Å². The summed E-state index contributed by atoms with van der Waals surface area (Å²) in [6.07, 6.45) is 2.26. The minimum absolute atomic E-state index is 0.151. The van der Waals surface area contributed by atoms with Crippen LogP contribution in [0, 0.1) is 5.41 Å². The third kappa shape index (κ3) is 2.21. The number of hydrogen-bond donors (Lipinski definition) is 2. The van der Waals surface area contributed by atoms with Crippen LogP contribution < -0.4 is 5.32 Å². The van der Waals surface area contributed by atoms with E-state index in [0.717, 1.165) is 29.1 Å². The highest BCUT2D eigenvalue weighted by atomic mass is 79.9. The molecule has 0 bridgehead atoms. The van der Waals surface area contributed by atoms with E-state index in [-0.39, 0.29) is 12.0 Å². The van der Waals surface area contributed by atoms with Crippen molar-refractivity contribution in [3.8, 4) is 0 Å². The maximum atomic E-state index is 9.07. The van der Waals surface area contributed by atoms with Crippen molar-refractivity contribution < 1.29 is 5.11 Å². The van der Waals surface area contributed by atoms with Crippen LogP contribution in [0.2, 0.25) is 0 Å². The van der Waals surface area contributed by atoms with Crippen molar-refractivity contribution in [3.63, 3.8) is 0 Å². The Morgan fingerprint density at radius 1 is 1.69 bits per heavy atom. The fraction of sp³-hybridized carbons (Fsp3) is 0.625. The van der Waals surface area contributed by atoms with Crippen LogP contribution in [0.15, 0.2) is 9.98 Å². The molecule has 13 heavy (non-hydrogen) atoms. The number of aromatic nitrogens is 1. The molecular formula is C8H11BrN2OS. The summed E-state index contributed by atoms with van der Waals surface area (Å²) in [6.45, 7) is 1.12. The summed E-state index contributed by atoms with van der Waals surface area (Å²) in [5.74, 6) is 0. The van der Waals surface area contributed by atoms with Crippen LogP contribution in [0.3, 0.4) is 0 Å². The highest BCUT2D eigenvalue weighted by molar-refractivity contribution is 9.10. The fourth-order valence-electron chi connectivity index (χ4n) is 1.17. The Morgan fingerprint density at radius 2 is 2.46 bits per heavy atom. The summed E-state index contributed by atoms with van der Waals surface area (Å²) in [4.78, 5) is 4.22. The molecule has 0 saturated heterocycles. The van der Waals surface area contributed by atoms with Crippen LogP contribution in [0.1, 0.15) is 12.8 Å². The van der Waals surface area contributed by atoms with E-state index >= 15 is 0 Å². The molecule has 1 aliphatic rings. The average Bonchev–Trinajstić information content (AvgIpc) is 2.81. The SMILES string of the molecule is OCC1(CNc2nc(Br)cs2)CC1. The molecule has 0 unspecified atom stereocenters. The van der Waals surface area contributed by atoms with Crippen molar-refractivity contribution in [1.29, 1.82) is 0 Å². The Bertz CT molecular complexity index is 298. The lowest BCUT2D eigenvalue weighted by atomic mass is 10.1. The number of nitrogens with zero attached hydrogens (tertiary/aromatic N) is 1. The molecule has 0 aromatic carbocycles. The van der Waals surface area contributed by atoms with Gasteiger partial charge in [0.25, 0.3) is 0 Å². The first kappa shape index (κ1) is 9.43. The van der Waals surface area contributed by atoms with Gasteiger partial charge in [-0.25, -0.2) is 4.98 Å². The van der Waals surface area contributed by atoms with Crippen LogP contribution in [-0.2, 0) is 0 Å². The van der Waals surface area contributed by atoms with Gasteiger partial charge in [0.15, 0.2) is 5.13 Å². The molecule has 0 amide bonds. The second kappa shape index (κ2) is 3.55. The van der Waals surface area contributed by atoms with E-state index in [1.54, 1.807) is 11.3 Å². The molecule has 0 radical (unpaired) electrons. The van der Waals surface area contributed by atoms with Crippen molar-refractivity contribution in [1.82, 2.24) is 4.98 Å². The number of hydrogen-bond acceptors (Lipinski definition) is 4. The molecule has 0 atom stereocenters. The molecule has 1 aromatic rings. The first-order valence-corrected chi connectivity index (χ1v) is 5.87. The van der Waals surface area contributed by atoms with Crippen LogP contribution in [-0.4, -0.2) is 23.2 Å². The normalized spacial score (nSPS) is 18.6. The van der Waals surface area contributed by atoms with Gasteiger partial charge in [0.2, 0.25) is 0 Å². The van der Waals surface area contributed by atoms with Gasteiger partial charge in [-0.2, -0.15) is 0 Å². The lowest BCUT2D eigenvalue weighted by Crippen LogP contribution is -2.18. The topological polar surface area (TPSA) is 45.1 Å². The third-order valence-electron chi connectivity index (χ3n) is 2.38. The van der Waals surface area contributed by atoms with E-state index in [9.17, 15) is 0 Å². The average molecular weight is 263 g/mol. The Balaban J connectivity index is 1.86. The summed E-state index contributed by atoms with van der Waals surface area (Å²) in [5, 5.41) is 15.2. The summed E-state index contributed by atoms with van der Waals surface area (Å²) in [7, 11) is 0. The predicted molar refractivity (Wildman–Crippen MR) is 57.1 cm³/mol. The number of nitrogens with one attached hydrogen (secondary N) is 1. The Hall–Kier alpha value is -0.130. The van der Waals surface area contributed by atoms with Gasteiger partial charge in [-0.15, -0.1) is 11.3 Å². The van der Waals surface area contributed by atoms with Gasteiger partial charge in [-0.05, 0) is 28.8 Å². The summed E-state index contributed by atoms with van der Waals surface area (Å²) >= 11 is 4.87. The van der Waals surface area contributed by atoms with E-state index in [4.69, 9.17) is 5.11 Å². The molecule has 1 aromatic heterocycles. The van der Waals surface area contributed by atoms with Gasteiger partial charge in [0.1, 0.15) is 4.60 Å². The zero-order valence-electron chi connectivity index (χ0n) is 7.09. The molecule has 1 aliphatic carbocycles. The standard InChI is InChI=1S/C8H11BrN2OS/c9-6-3-13-7(11-6)10-4-8(5-12)1-2-8/h3,12H,1-2,4-5H2,(H,10,11). The zero-order chi connectivity index (χ0) is 9.31. The van der Waals surface area contributed by atoms with Crippen molar-refractivity contribution in [2.45, 2.75) is 12.8 Å². The summed E-state index contributed by atoms with van der Waals surface area (Å²) < 4.78 is 0.869. The third-order valence-corrected chi connectivity index (χ3v) is 3.89. The van der Waals surface area contributed by atoms with Gasteiger partial charge >= 0.3 is 0 Å². The van der Waals surface area contributed by atoms with Crippen molar-refractivity contribution in [2.75, 3.05) is 18.5 Å². The summed E-state index contributed by atoms with van der Waals surface area (Å²) in [6, 6.07) is 0. The van der Waals surface area contributed by atoms with Crippen molar-refractivity contribution in [3.05, 3.63) is 9.98 Å². The van der Waals surface area contributed by atoms with E-state index in [1.165, 1.54) is 0 Å². The maximum absolute atomic E-state index is 9.07. The number of thiazole rings is 1. The molecule has 1 heterocycles. The molecule has 5 heteroatoms. The monoisotopic (exact) mass is 262 g/mol. The van der Waals surface area contributed by atoms with E-state index < -0.39 is 0 Å². The minimum Gasteiger partial charge on any atom is -0.396 e. The molecule has 2 N–H and O–H groups in total.